The molecule has 0 amide bonds. The SMILES string of the molecule is CC[C](CC)C(N)N. The van der Waals surface area contributed by atoms with E-state index >= 15 is 0 Å². The van der Waals surface area contributed by atoms with E-state index in [9.17, 15) is 0 Å². The summed E-state index contributed by atoms with van der Waals surface area (Å²) in [6, 6.07) is 0. The van der Waals surface area contributed by atoms with Crippen LogP contribution in [0.15, 0.2) is 0 Å². The summed E-state index contributed by atoms with van der Waals surface area (Å²) in [7, 11) is 0. The highest BCUT2D eigenvalue weighted by Crippen LogP contribution is 2.09. The topological polar surface area (TPSA) is 52.0 Å². The van der Waals surface area contributed by atoms with Crippen LogP contribution in [0, 0.1) is 5.92 Å². The van der Waals surface area contributed by atoms with E-state index in [0.29, 0.717) is 0 Å². The van der Waals surface area contributed by atoms with Crippen molar-refractivity contribution in [3.63, 3.8) is 0 Å². The Kier molecular flexibility index (Phi) is 3.83. The Balaban J connectivity index is 3.35. The molecule has 0 atom stereocenters. The summed E-state index contributed by atoms with van der Waals surface area (Å²) in [5.74, 6) is 1.24. The van der Waals surface area contributed by atoms with Gasteiger partial charge in [-0.1, -0.05) is 13.8 Å². The minimum absolute atomic E-state index is 0.204. The maximum atomic E-state index is 5.40. The van der Waals surface area contributed by atoms with E-state index in [2.05, 4.69) is 13.8 Å². The molecule has 0 rings (SSSR count). The molecule has 4 N–H and O–H groups in total. The molecule has 0 aliphatic heterocycles. The quantitative estimate of drug-likeness (QED) is 0.530. The molecule has 0 aromatic heterocycles. The molecule has 0 aliphatic carbocycles. The van der Waals surface area contributed by atoms with Gasteiger partial charge in [-0.2, -0.15) is 0 Å². The molecule has 0 aliphatic rings. The van der Waals surface area contributed by atoms with Crippen molar-refractivity contribution in [3.8, 4) is 0 Å². The molecule has 0 saturated carbocycles. The van der Waals surface area contributed by atoms with Crippen LogP contribution in [-0.2, 0) is 0 Å². The minimum Gasteiger partial charge on any atom is -0.316 e. The Hall–Kier alpha value is -0.0800. The first kappa shape index (κ1) is 7.92. The van der Waals surface area contributed by atoms with Gasteiger partial charge in [-0.25, -0.2) is 0 Å². The number of rotatable bonds is 3. The summed E-state index contributed by atoms with van der Waals surface area (Å²) in [5, 5.41) is 0. The molecule has 49 valence electrons. The molecule has 0 bridgehead atoms. The molecule has 2 heteroatoms. The second kappa shape index (κ2) is 3.87. The van der Waals surface area contributed by atoms with Crippen LogP contribution in [0.25, 0.3) is 0 Å². The Bertz CT molecular complexity index is 48.5. The van der Waals surface area contributed by atoms with Gasteiger partial charge in [0.25, 0.3) is 0 Å². The van der Waals surface area contributed by atoms with Crippen molar-refractivity contribution in [3.05, 3.63) is 5.92 Å². The van der Waals surface area contributed by atoms with Gasteiger partial charge in [0.05, 0.1) is 6.17 Å². The average Bonchev–Trinajstić information content (AvgIpc) is 1.69. The van der Waals surface area contributed by atoms with Crippen LogP contribution in [0.4, 0.5) is 0 Å². The molecular formula is C6H15N2. The fourth-order valence-electron chi connectivity index (χ4n) is 0.721. The number of hydrogen-bond donors (Lipinski definition) is 2. The fraction of sp³-hybridized carbons (Fsp3) is 0.833. The van der Waals surface area contributed by atoms with Crippen molar-refractivity contribution in [2.24, 2.45) is 11.5 Å². The number of hydrogen-bond acceptors (Lipinski definition) is 2. The monoisotopic (exact) mass is 115 g/mol. The Morgan fingerprint density at radius 1 is 1.25 bits per heavy atom. The predicted molar refractivity (Wildman–Crippen MR) is 36.0 cm³/mol. The van der Waals surface area contributed by atoms with Crippen LogP contribution >= 0.6 is 0 Å². The fourth-order valence-corrected chi connectivity index (χ4v) is 0.721. The third-order valence-corrected chi connectivity index (χ3v) is 1.38. The molecule has 2 nitrogen and oxygen atoms in total. The first-order valence-corrected chi connectivity index (χ1v) is 3.08. The maximum absolute atomic E-state index is 5.40. The lowest BCUT2D eigenvalue weighted by Crippen LogP contribution is -2.36. The third-order valence-electron chi connectivity index (χ3n) is 1.38. The molecule has 0 aromatic carbocycles. The highest BCUT2D eigenvalue weighted by molar-refractivity contribution is 4.93. The van der Waals surface area contributed by atoms with Crippen molar-refractivity contribution in [1.82, 2.24) is 0 Å². The Morgan fingerprint density at radius 2 is 1.62 bits per heavy atom. The summed E-state index contributed by atoms with van der Waals surface area (Å²) in [6.07, 6.45) is 1.81. The highest BCUT2D eigenvalue weighted by Gasteiger charge is 2.07. The van der Waals surface area contributed by atoms with Gasteiger partial charge in [0.2, 0.25) is 0 Å². The van der Waals surface area contributed by atoms with E-state index in [0.717, 1.165) is 12.8 Å². The van der Waals surface area contributed by atoms with Crippen LogP contribution in [-0.4, -0.2) is 6.17 Å². The zero-order valence-electron chi connectivity index (χ0n) is 5.65. The van der Waals surface area contributed by atoms with Crippen molar-refractivity contribution < 1.29 is 0 Å². The first-order chi connectivity index (χ1) is 3.72. The van der Waals surface area contributed by atoms with E-state index < -0.39 is 0 Å². The lowest BCUT2D eigenvalue weighted by Gasteiger charge is -2.14. The molecule has 0 aromatic rings. The first-order valence-electron chi connectivity index (χ1n) is 3.08. The summed E-state index contributed by atoms with van der Waals surface area (Å²) >= 11 is 0. The molecular weight excluding hydrogens is 100 g/mol. The van der Waals surface area contributed by atoms with Crippen molar-refractivity contribution in [1.29, 1.82) is 0 Å². The normalized spacial score (nSPS) is 11.2. The van der Waals surface area contributed by atoms with Crippen LogP contribution in [0.1, 0.15) is 26.7 Å². The minimum atomic E-state index is -0.204. The van der Waals surface area contributed by atoms with E-state index in [4.69, 9.17) is 11.5 Å². The highest BCUT2D eigenvalue weighted by atomic mass is 14.9. The second-order valence-electron chi connectivity index (χ2n) is 1.89. The standard InChI is InChI=1S/C6H15N2/c1-3-5(4-2)6(7)8/h6H,3-4,7-8H2,1-2H3. The van der Waals surface area contributed by atoms with Crippen molar-refractivity contribution in [2.45, 2.75) is 32.9 Å². The molecule has 0 heterocycles. The van der Waals surface area contributed by atoms with E-state index in [1.54, 1.807) is 0 Å². The predicted octanol–water partition coefficient (Wildman–Crippen LogP) is 0.624. The van der Waals surface area contributed by atoms with Crippen LogP contribution in [0.5, 0.6) is 0 Å². The lowest BCUT2D eigenvalue weighted by molar-refractivity contribution is 0.626. The molecule has 0 spiro atoms. The molecule has 0 saturated heterocycles. The van der Waals surface area contributed by atoms with E-state index in [1.165, 1.54) is 5.92 Å². The summed E-state index contributed by atoms with van der Waals surface area (Å²) in [4.78, 5) is 0. The van der Waals surface area contributed by atoms with Gasteiger partial charge in [0.15, 0.2) is 0 Å². The molecule has 8 heavy (non-hydrogen) atoms. The van der Waals surface area contributed by atoms with Crippen molar-refractivity contribution >= 4 is 0 Å². The second-order valence-corrected chi connectivity index (χ2v) is 1.89. The van der Waals surface area contributed by atoms with Gasteiger partial charge in [0.1, 0.15) is 0 Å². The maximum Gasteiger partial charge on any atom is 0.0585 e. The summed E-state index contributed by atoms with van der Waals surface area (Å²) < 4.78 is 0. The number of nitrogens with two attached hydrogens (primary N) is 2. The Morgan fingerprint density at radius 3 is 1.62 bits per heavy atom. The van der Waals surface area contributed by atoms with Gasteiger partial charge >= 0.3 is 0 Å². The molecule has 0 fully saturated rings. The van der Waals surface area contributed by atoms with Gasteiger partial charge in [-0.3, -0.25) is 0 Å². The molecule has 1 radical (unpaired) electrons. The smallest absolute Gasteiger partial charge is 0.0585 e. The van der Waals surface area contributed by atoms with Crippen molar-refractivity contribution in [2.75, 3.05) is 0 Å². The van der Waals surface area contributed by atoms with E-state index in [-0.39, 0.29) is 6.17 Å². The largest absolute Gasteiger partial charge is 0.316 e. The van der Waals surface area contributed by atoms with E-state index in [1.807, 2.05) is 0 Å². The van der Waals surface area contributed by atoms with Crippen LogP contribution in [0.2, 0.25) is 0 Å². The summed E-state index contributed by atoms with van der Waals surface area (Å²) in [5.41, 5.74) is 10.8. The van der Waals surface area contributed by atoms with Gasteiger partial charge in [-0.15, -0.1) is 0 Å². The molecule has 0 unspecified atom stereocenters. The summed E-state index contributed by atoms with van der Waals surface area (Å²) in [6.45, 7) is 4.15. The third kappa shape index (κ3) is 2.28. The zero-order chi connectivity index (χ0) is 6.57. The Labute approximate surface area is 51.2 Å². The van der Waals surface area contributed by atoms with Crippen LogP contribution < -0.4 is 11.5 Å². The lowest BCUT2D eigenvalue weighted by atomic mass is 10.0. The zero-order valence-corrected chi connectivity index (χ0v) is 5.65. The van der Waals surface area contributed by atoms with Gasteiger partial charge in [0, 0.05) is 5.92 Å². The van der Waals surface area contributed by atoms with Gasteiger partial charge in [-0.05, 0) is 12.8 Å². The van der Waals surface area contributed by atoms with Crippen LogP contribution in [0.3, 0.4) is 0 Å². The average molecular weight is 115 g/mol. The van der Waals surface area contributed by atoms with Gasteiger partial charge < -0.3 is 11.5 Å².